The molecule has 0 saturated heterocycles. The van der Waals surface area contributed by atoms with E-state index in [-0.39, 0.29) is 11.1 Å². The van der Waals surface area contributed by atoms with Crippen LogP contribution in [0.2, 0.25) is 0 Å². The maximum absolute atomic E-state index is 14.7. The minimum atomic E-state index is -3.03. The highest BCUT2D eigenvalue weighted by Crippen LogP contribution is 2.66. The summed E-state index contributed by atoms with van der Waals surface area (Å²) in [6.07, 6.45) is -0.0835. The Labute approximate surface area is 250 Å². The van der Waals surface area contributed by atoms with E-state index in [0.29, 0.717) is 11.1 Å². The number of carbonyl (C=O) groups is 5. The van der Waals surface area contributed by atoms with Gasteiger partial charge in [0.25, 0.3) is 0 Å². The zero-order chi connectivity index (χ0) is 32.0. The van der Waals surface area contributed by atoms with Gasteiger partial charge in [0.05, 0.1) is 17.6 Å². The number of phenols is 1. The van der Waals surface area contributed by atoms with E-state index >= 15 is 0 Å². The van der Waals surface area contributed by atoms with E-state index in [1.807, 2.05) is 25.1 Å². The standard InChI is InChI=1S/C35H36O8/c1-16(2)20-11-8-10-19(14-20)15-22-21-12-9-13-23(37)25(21)29(39)27-31(41)35(43)30(40)24(18(5)36)28(38)26(17(3)4)34(35,7)32(42)33(22,27)6/h8-15,17,24,26-27,32,37,42-43H,1H2,2-7H3/b22-15+/t24?,26?,27?,32-,33+,34+,35+/m1/s1. The zero-order valence-electron chi connectivity index (χ0n) is 25.1. The van der Waals surface area contributed by atoms with Crippen molar-refractivity contribution in [3.63, 3.8) is 0 Å². The molecule has 3 aliphatic carbocycles. The fourth-order valence-corrected chi connectivity index (χ4v) is 8.17. The topological polar surface area (TPSA) is 146 Å². The van der Waals surface area contributed by atoms with Crippen molar-refractivity contribution in [3.05, 3.63) is 71.3 Å². The summed E-state index contributed by atoms with van der Waals surface area (Å²) in [5, 5.41) is 35.6. The molecular formula is C35H36O8. The van der Waals surface area contributed by atoms with Gasteiger partial charge in [-0.1, -0.05) is 76.3 Å². The Morgan fingerprint density at radius 2 is 1.63 bits per heavy atom. The molecule has 8 nitrogen and oxygen atoms in total. The molecule has 0 aromatic heterocycles. The van der Waals surface area contributed by atoms with E-state index in [9.17, 15) is 39.3 Å². The van der Waals surface area contributed by atoms with E-state index in [0.717, 1.165) is 18.1 Å². The summed E-state index contributed by atoms with van der Waals surface area (Å²) in [5.41, 5.74) is -4.18. The molecule has 0 spiro atoms. The summed E-state index contributed by atoms with van der Waals surface area (Å²) in [4.78, 5) is 69.2. The van der Waals surface area contributed by atoms with Crippen molar-refractivity contribution in [1.29, 1.82) is 0 Å². The number of Topliss-reactive ketones (excluding diaryl/α,β-unsaturated/α-hetero) is 5. The van der Waals surface area contributed by atoms with Gasteiger partial charge in [0.1, 0.15) is 17.5 Å². The molecule has 43 heavy (non-hydrogen) atoms. The van der Waals surface area contributed by atoms with Crippen LogP contribution in [0.1, 0.15) is 68.6 Å². The molecule has 0 heterocycles. The molecule has 2 saturated carbocycles. The van der Waals surface area contributed by atoms with Crippen LogP contribution in [0, 0.1) is 34.5 Å². The van der Waals surface area contributed by atoms with Crippen molar-refractivity contribution in [2.75, 3.05) is 0 Å². The second-order valence-electron chi connectivity index (χ2n) is 13.0. The molecule has 0 bridgehead atoms. The number of hydrogen-bond donors (Lipinski definition) is 3. The third kappa shape index (κ3) is 3.72. The third-order valence-electron chi connectivity index (χ3n) is 10.2. The lowest BCUT2D eigenvalue weighted by Gasteiger charge is -2.64. The number of aliphatic hydroxyl groups excluding tert-OH is 1. The quantitative estimate of drug-likeness (QED) is 0.456. The normalized spacial score (nSPS) is 34.6. The number of fused-ring (bicyclic) bond motifs is 3. The van der Waals surface area contributed by atoms with Crippen LogP contribution in [0.5, 0.6) is 5.75 Å². The molecule has 224 valence electrons. The summed E-state index contributed by atoms with van der Waals surface area (Å²) in [5.74, 6) is -11.0. The zero-order valence-corrected chi connectivity index (χ0v) is 25.1. The van der Waals surface area contributed by atoms with Gasteiger partial charge in [-0.2, -0.15) is 0 Å². The van der Waals surface area contributed by atoms with Crippen molar-refractivity contribution in [1.82, 2.24) is 0 Å². The van der Waals surface area contributed by atoms with Gasteiger partial charge in [0.2, 0.25) is 0 Å². The number of ketones is 5. The number of phenolic OH excluding ortho intramolecular Hbond substituents is 1. The van der Waals surface area contributed by atoms with Crippen LogP contribution in [-0.4, -0.2) is 55.9 Å². The minimum Gasteiger partial charge on any atom is -0.507 e. The molecule has 0 radical (unpaired) electrons. The largest absolute Gasteiger partial charge is 0.507 e. The van der Waals surface area contributed by atoms with Crippen molar-refractivity contribution < 1.29 is 39.3 Å². The molecule has 3 aliphatic rings. The lowest BCUT2D eigenvalue weighted by atomic mass is 9.38. The van der Waals surface area contributed by atoms with Crippen LogP contribution in [0.4, 0.5) is 0 Å². The lowest BCUT2D eigenvalue weighted by Crippen LogP contribution is -2.81. The van der Waals surface area contributed by atoms with Crippen LogP contribution < -0.4 is 0 Å². The van der Waals surface area contributed by atoms with E-state index in [4.69, 9.17) is 0 Å². The Morgan fingerprint density at radius 3 is 2.21 bits per heavy atom. The molecule has 0 amide bonds. The van der Waals surface area contributed by atoms with Gasteiger partial charge < -0.3 is 15.3 Å². The lowest BCUT2D eigenvalue weighted by molar-refractivity contribution is -0.230. The number of carbonyl (C=O) groups excluding carboxylic acids is 5. The molecule has 2 fully saturated rings. The molecule has 8 heteroatoms. The average Bonchev–Trinajstić information content (AvgIpc) is 2.92. The second kappa shape index (κ2) is 9.76. The number of benzene rings is 2. The smallest absolute Gasteiger partial charge is 0.191 e. The number of aliphatic hydroxyl groups is 2. The molecule has 2 aromatic carbocycles. The Kier molecular flexibility index (Phi) is 6.91. The number of allylic oxidation sites excluding steroid dienone is 1. The average molecular weight is 585 g/mol. The maximum atomic E-state index is 14.7. The Hall–Kier alpha value is -4.01. The van der Waals surface area contributed by atoms with E-state index in [1.165, 1.54) is 19.9 Å². The second-order valence-corrected chi connectivity index (χ2v) is 13.0. The van der Waals surface area contributed by atoms with Crippen LogP contribution in [0.15, 0.2) is 49.0 Å². The predicted octanol–water partition coefficient (Wildman–Crippen LogP) is 4.09. The first kappa shape index (κ1) is 30.4. The first-order chi connectivity index (χ1) is 20.0. The first-order valence-corrected chi connectivity index (χ1v) is 14.3. The summed E-state index contributed by atoms with van der Waals surface area (Å²) < 4.78 is 0. The van der Waals surface area contributed by atoms with Gasteiger partial charge in [0, 0.05) is 16.7 Å². The van der Waals surface area contributed by atoms with Crippen LogP contribution in [0.3, 0.4) is 0 Å². The van der Waals surface area contributed by atoms with Gasteiger partial charge in [-0.3, -0.25) is 24.0 Å². The third-order valence-corrected chi connectivity index (χ3v) is 10.2. The molecule has 3 unspecified atom stereocenters. The minimum absolute atomic E-state index is 0.178. The van der Waals surface area contributed by atoms with Crippen molar-refractivity contribution in [2.45, 2.75) is 53.2 Å². The molecule has 5 rings (SSSR count). The molecule has 0 aliphatic heterocycles. The summed E-state index contributed by atoms with van der Waals surface area (Å²) >= 11 is 0. The highest BCUT2D eigenvalue weighted by molar-refractivity contribution is 6.34. The van der Waals surface area contributed by atoms with Gasteiger partial charge >= 0.3 is 0 Å². The molecular weight excluding hydrogens is 548 g/mol. The SMILES string of the molecule is C=C(C)c1cccc(/C=C2\c3cccc(O)c3C(=O)C3C(=O)[C@@]4(O)C(=O)C(C(C)=O)C(=O)C(C(C)C)[C@@]4(C)[C@H](O)[C@@]23C)c1. The molecule has 7 atom stereocenters. The van der Waals surface area contributed by atoms with Crippen LogP contribution in [0.25, 0.3) is 17.2 Å². The molecule has 2 aromatic rings. The predicted molar refractivity (Wildman–Crippen MR) is 160 cm³/mol. The van der Waals surface area contributed by atoms with E-state index in [2.05, 4.69) is 6.58 Å². The summed E-state index contributed by atoms with van der Waals surface area (Å²) in [6, 6.07) is 11.8. The Morgan fingerprint density at radius 1 is 1.00 bits per heavy atom. The van der Waals surface area contributed by atoms with E-state index in [1.54, 1.807) is 38.1 Å². The fourth-order valence-electron chi connectivity index (χ4n) is 8.17. The van der Waals surface area contributed by atoms with Crippen molar-refractivity contribution in [3.8, 4) is 5.75 Å². The fraction of sp³-hybridized carbons (Fsp3) is 0.400. The Balaban J connectivity index is 1.89. The van der Waals surface area contributed by atoms with Gasteiger partial charge in [-0.25, -0.2) is 0 Å². The highest BCUT2D eigenvalue weighted by atomic mass is 16.3. The Bertz CT molecular complexity index is 1680. The number of hydrogen-bond acceptors (Lipinski definition) is 8. The van der Waals surface area contributed by atoms with Crippen molar-refractivity contribution in [2.24, 2.45) is 34.5 Å². The highest BCUT2D eigenvalue weighted by Gasteiger charge is 2.80. The first-order valence-electron chi connectivity index (χ1n) is 14.3. The monoisotopic (exact) mass is 584 g/mol. The van der Waals surface area contributed by atoms with E-state index < -0.39 is 80.9 Å². The van der Waals surface area contributed by atoms with Crippen molar-refractivity contribution >= 4 is 46.1 Å². The van der Waals surface area contributed by atoms with Gasteiger partial charge in [-0.15, -0.1) is 0 Å². The van der Waals surface area contributed by atoms with Crippen LogP contribution >= 0.6 is 0 Å². The number of rotatable bonds is 4. The summed E-state index contributed by atoms with van der Waals surface area (Å²) in [7, 11) is 0. The van der Waals surface area contributed by atoms with Gasteiger partial charge in [0.15, 0.2) is 28.7 Å². The van der Waals surface area contributed by atoms with Crippen LogP contribution in [-0.2, 0) is 19.2 Å². The maximum Gasteiger partial charge on any atom is 0.191 e. The van der Waals surface area contributed by atoms with Gasteiger partial charge in [-0.05, 0) is 54.2 Å². The summed E-state index contributed by atoms with van der Waals surface area (Å²) in [6.45, 7) is 13.0. The molecule has 3 N–H and O–H groups in total. The number of aromatic hydroxyl groups is 1.